The first-order chi connectivity index (χ1) is 9.00. The number of carbonyl (C=O) groups is 1. The van der Waals surface area contributed by atoms with Crippen molar-refractivity contribution in [3.63, 3.8) is 0 Å². The van der Waals surface area contributed by atoms with Crippen LogP contribution in [-0.4, -0.2) is 52.0 Å². The van der Waals surface area contributed by atoms with Crippen molar-refractivity contribution < 1.29 is 27.8 Å². The first kappa shape index (κ1) is 14.4. The molecule has 1 fully saturated rings. The lowest BCUT2D eigenvalue weighted by atomic mass is 10.3. The largest absolute Gasteiger partial charge is 0.477 e. The average Bonchev–Trinajstić information content (AvgIpc) is 2.88. The molecule has 1 unspecified atom stereocenters. The van der Waals surface area contributed by atoms with Crippen molar-refractivity contribution in [1.29, 1.82) is 0 Å². The normalized spacial score (nSPS) is 20.3. The topological polar surface area (TPSA) is 102 Å². The predicted octanol–water partition coefficient (Wildman–Crippen LogP) is 0.140. The molecule has 1 aliphatic heterocycles. The van der Waals surface area contributed by atoms with Gasteiger partial charge in [0.15, 0.2) is 0 Å². The zero-order valence-electron chi connectivity index (χ0n) is 9.87. The molecule has 1 aromatic heterocycles. The van der Waals surface area contributed by atoms with Crippen LogP contribution in [0.3, 0.4) is 0 Å². The summed E-state index contributed by atoms with van der Waals surface area (Å²) in [6.45, 7) is 1.29. The third-order valence-corrected chi connectivity index (χ3v) is 5.00. The van der Waals surface area contributed by atoms with E-state index in [1.165, 1.54) is 11.4 Å². The Labute approximate surface area is 114 Å². The van der Waals surface area contributed by atoms with Gasteiger partial charge in [-0.15, -0.1) is 11.3 Å². The summed E-state index contributed by atoms with van der Waals surface area (Å²) in [6.07, 6.45) is -0.351. The van der Waals surface area contributed by atoms with Gasteiger partial charge in [-0.2, -0.15) is 0 Å². The second-order valence-corrected chi connectivity index (χ2v) is 6.49. The highest BCUT2D eigenvalue weighted by Crippen LogP contribution is 2.21. The van der Waals surface area contributed by atoms with Crippen LogP contribution in [-0.2, 0) is 19.5 Å². The highest BCUT2D eigenvalue weighted by Gasteiger charge is 2.25. The van der Waals surface area contributed by atoms with Gasteiger partial charge in [-0.05, 0) is 11.4 Å². The summed E-state index contributed by atoms with van der Waals surface area (Å²) in [6, 6.07) is 1.27. The lowest BCUT2D eigenvalue weighted by molar-refractivity contribution is -0.0846. The average molecular weight is 307 g/mol. The monoisotopic (exact) mass is 307 g/mol. The maximum atomic E-state index is 12.0. The van der Waals surface area contributed by atoms with Crippen LogP contribution in [0.5, 0.6) is 0 Å². The molecule has 9 heteroatoms. The Morgan fingerprint density at radius 1 is 1.53 bits per heavy atom. The maximum absolute atomic E-state index is 12.0. The van der Waals surface area contributed by atoms with Gasteiger partial charge in [0.1, 0.15) is 9.77 Å². The van der Waals surface area contributed by atoms with Gasteiger partial charge in [0.25, 0.3) is 0 Å². The number of ether oxygens (including phenoxy) is 2. The number of nitrogens with one attached hydrogen (secondary N) is 1. The summed E-state index contributed by atoms with van der Waals surface area (Å²) in [4.78, 5) is 10.5. The van der Waals surface area contributed by atoms with Gasteiger partial charge in [0, 0.05) is 6.54 Å². The molecule has 1 atom stereocenters. The van der Waals surface area contributed by atoms with E-state index in [0.717, 1.165) is 11.3 Å². The van der Waals surface area contributed by atoms with Gasteiger partial charge >= 0.3 is 5.97 Å². The summed E-state index contributed by atoms with van der Waals surface area (Å²) in [5.41, 5.74) is 0. The lowest BCUT2D eigenvalue weighted by Gasteiger charge is -2.22. The van der Waals surface area contributed by atoms with Crippen LogP contribution >= 0.6 is 11.3 Å². The standard InChI is InChI=1S/C10H13NO6S2/c12-10(13)9-8(1-4-18-9)19(14,15)11-5-7-6-16-2-3-17-7/h1,4,7,11H,2-3,5-6H2,(H,12,13). The van der Waals surface area contributed by atoms with E-state index >= 15 is 0 Å². The molecule has 0 aromatic carbocycles. The molecule has 0 aliphatic carbocycles. The minimum atomic E-state index is -3.85. The number of hydrogen-bond donors (Lipinski definition) is 2. The fraction of sp³-hybridized carbons (Fsp3) is 0.500. The van der Waals surface area contributed by atoms with Gasteiger partial charge in [0.05, 0.1) is 25.9 Å². The van der Waals surface area contributed by atoms with Gasteiger partial charge in [-0.1, -0.05) is 0 Å². The number of hydrogen-bond acceptors (Lipinski definition) is 6. The van der Waals surface area contributed by atoms with Gasteiger partial charge in [-0.3, -0.25) is 0 Å². The summed E-state index contributed by atoms with van der Waals surface area (Å²) in [7, 11) is -3.85. The first-order valence-corrected chi connectivity index (χ1v) is 7.87. The molecule has 0 spiro atoms. The van der Waals surface area contributed by atoms with Crippen LogP contribution in [0.15, 0.2) is 16.3 Å². The van der Waals surface area contributed by atoms with E-state index in [-0.39, 0.29) is 22.4 Å². The molecule has 2 rings (SSSR count). The fourth-order valence-electron chi connectivity index (χ4n) is 1.60. The van der Waals surface area contributed by atoms with Crippen molar-refractivity contribution in [1.82, 2.24) is 4.72 Å². The van der Waals surface area contributed by atoms with E-state index in [2.05, 4.69) is 4.72 Å². The molecule has 19 heavy (non-hydrogen) atoms. The molecule has 2 N–H and O–H groups in total. The Hall–Kier alpha value is -1.00. The van der Waals surface area contributed by atoms with Crippen LogP contribution in [0.1, 0.15) is 9.67 Å². The Bertz CT molecular complexity index is 546. The number of carboxylic acids is 1. The fourth-order valence-corrected chi connectivity index (χ4v) is 3.92. The third-order valence-electron chi connectivity index (χ3n) is 2.50. The minimum Gasteiger partial charge on any atom is -0.477 e. The van der Waals surface area contributed by atoms with Crippen LogP contribution in [0.2, 0.25) is 0 Å². The molecular formula is C10H13NO6S2. The predicted molar refractivity (Wildman–Crippen MR) is 67.0 cm³/mol. The van der Waals surface area contributed by atoms with Crippen LogP contribution in [0.4, 0.5) is 0 Å². The molecule has 0 radical (unpaired) electrons. The molecule has 1 aromatic rings. The Balaban J connectivity index is 2.05. The molecule has 106 valence electrons. The number of carboxylic acid groups (broad SMARTS) is 1. The van der Waals surface area contributed by atoms with Crippen molar-refractivity contribution >= 4 is 27.3 Å². The zero-order valence-corrected chi connectivity index (χ0v) is 11.5. The van der Waals surface area contributed by atoms with Crippen molar-refractivity contribution in [2.75, 3.05) is 26.4 Å². The number of aromatic carboxylic acids is 1. The van der Waals surface area contributed by atoms with E-state index in [1.807, 2.05) is 0 Å². The van der Waals surface area contributed by atoms with Crippen molar-refractivity contribution in [3.8, 4) is 0 Å². The van der Waals surface area contributed by atoms with E-state index in [1.54, 1.807) is 0 Å². The van der Waals surface area contributed by atoms with Crippen molar-refractivity contribution in [2.45, 2.75) is 11.0 Å². The van der Waals surface area contributed by atoms with Gasteiger partial charge in [-0.25, -0.2) is 17.9 Å². The Morgan fingerprint density at radius 2 is 2.32 bits per heavy atom. The number of rotatable bonds is 5. The highest BCUT2D eigenvalue weighted by molar-refractivity contribution is 7.89. The van der Waals surface area contributed by atoms with E-state index in [4.69, 9.17) is 14.6 Å². The van der Waals surface area contributed by atoms with Gasteiger partial charge < -0.3 is 14.6 Å². The summed E-state index contributed by atoms with van der Waals surface area (Å²) in [5.74, 6) is -1.26. The molecule has 7 nitrogen and oxygen atoms in total. The molecule has 0 amide bonds. The van der Waals surface area contributed by atoms with Crippen LogP contribution in [0.25, 0.3) is 0 Å². The first-order valence-electron chi connectivity index (χ1n) is 5.50. The van der Waals surface area contributed by atoms with E-state index < -0.39 is 16.0 Å². The molecule has 0 bridgehead atoms. The second kappa shape index (κ2) is 5.97. The van der Waals surface area contributed by atoms with E-state index in [9.17, 15) is 13.2 Å². The van der Waals surface area contributed by atoms with E-state index in [0.29, 0.717) is 19.8 Å². The van der Waals surface area contributed by atoms with Crippen molar-refractivity contribution in [2.24, 2.45) is 0 Å². The lowest BCUT2D eigenvalue weighted by Crippen LogP contribution is -2.39. The Morgan fingerprint density at radius 3 is 2.95 bits per heavy atom. The minimum absolute atomic E-state index is 0.0528. The SMILES string of the molecule is O=C(O)c1sccc1S(=O)(=O)NCC1COCCO1. The molecule has 0 saturated carbocycles. The van der Waals surface area contributed by atoms with Gasteiger partial charge in [0.2, 0.25) is 10.0 Å². The Kier molecular flexibility index (Phi) is 4.53. The van der Waals surface area contributed by atoms with Crippen LogP contribution in [0, 0.1) is 0 Å². The second-order valence-electron chi connectivity index (χ2n) is 3.84. The zero-order chi connectivity index (χ0) is 13.9. The molecule has 2 heterocycles. The molecular weight excluding hydrogens is 294 g/mol. The molecule has 1 saturated heterocycles. The quantitative estimate of drug-likeness (QED) is 0.802. The third kappa shape index (κ3) is 3.51. The van der Waals surface area contributed by atoms with Crippen molar-refractivity contribution in [3.05, 3.63) is 16.3 Å². The number of thiophene rings is 1. The maximum Gasteiger partial charge on any atom is 0.347 e. The number of sulfonamides is 1. The smallest absolute Gasteiger partial charge is 0.347 e. The van der Waals surface area contributed by atoms with Crippen LogP contribution < -0.4 is 4.72 Å². The highest BCUT2D eigenvalue weighted by atomic mass is 32.2. The summed E-state index contributed by atoms with van der Waals surface area (Å²) >= 11 is 0.871. The summed E-state index contributed by atoms with van der Waals surface area (Å²) < 4.78 is 36.8. The molecule has 1 aliphatic rings. The summed E-state index contributed by atoms with van der Waals surface area (Å²) in [5, 5.41) is 10.3.